The summed E-state index contributed by atoms with van der Waals surface area (Å²) in [5, 5.41) is 4.38. The topological polar surface area (TPSA) is 42.0 Å². The molecule has 27 heavy (non-hydrogen) atoms. The minimum Gasteiger partial charge on any atom is -0.387 e. The van der Waals surface area contributed by atoms with Crippen molar-refractivity contribution in [3.63, 3.8) is 0 Å². The summed E-state index contributed by atoms with van der Waals surface area (Å²) in [6.07, 6.45) is 13.3. The third-order valence-electron chi connectivity index (χ3n) is 8.19. The van der Waals surface area contributed by atoms with Gasteiger partial charge in [-0.1, -0.05) is 31.5 Å². The molecule has 1 N–H and O–H groups in total. The summed E-state index contributed by atoms with van der Waals surface area (Å²) in [6.45, 7) is 5.84. The fourth-order valence-corrected chi connectivity index (χ4v) is 6.89. The number of ketones is 1. The monoisotopic (exact) mass is 382 g/mol. The molecule has 2 heterocycles. The predicted octanol–water partition coefficient (Wildman–Crippen LogP) is 5.03. The first-order valence-electron chi connectivity index (χ1n) is 10.2. The number of fused-ring (bicyclic) bond motifs is 5. The van der Waals surface area contributed by atoms with Gasteiger partial charge in [0.1, 0.15) is 0 Å². The minimum absolute atomic E-state index is 0.137. The van der Waals surface area contributed by atoms with Gasteiger partial charge in [0, 0.05) is 42.5 Å². The number of halogens is 1. The molecule has 4 aliphatic rings. The van der Waals surface area contributed by atoms with Crippen molar-refractivity contribution < 1.29 is 4.79 Å². The Morgan fingerprint density at radius 1 is 1.19 bits per heavy atom. The number of aromatic nitrogens is 1. The second kappa shape index (κ2) is 5.94. The number of nitrogens with one attached hydrogen (secondary N) is 1. The van der Waals surface area contributed by atoms with Crippen molar-refractivity contribution in [2.75, 3.05) is 6.54 Å². The van der Waals surface area contributed by atoms with Gasteiger partial charge in [-0.2, -0.15) is 0 Å². The van der Waals surface area contributed by atoms with E-state index in [4.69, 9.17) is 11.6 Å². The van der Waals surface area contributed by atoms with E-state index in [1.165, 1.54) is 29.7 Å². The first-order valence-corrected chi connectivity index (χ1v) is 10.6. The molecule has 0 aromatic carbocycles. The van der Waals surface area contributed by atoms with E-state index >= 15 is 0 Å². The maximum atomic E-state index is 11.9. The quantitative estimate of drug-likeness (QED) is 0.740. The van der Waals surface area contributed by atoms with Crippen molar-refractivity contribution in [3.05, 3.63) is 46.9 Å². The van der Waals surface area contributed by atoms with Gasteiger partial charge < -0.3 is 5.32 Å². The molecular weight excluding hydrogens is 356 g/mol. The Hall–Kier alpha value is -1.61. The molecule has 142 valence electrons. The van der Waals surface area contributed by atoms with E-state index in [9.17, 15) is 4.79 Å². The van der Waals surface area contributed by atoms with E-state index in [-0.39, 0.29) is 16.6 Å². The second-order valence-electron chi connectivity index (χ2n) is 9.40. The van der Waals surface area contributed by atoms with Gasteiger partial charge in [-0.05, 0) is 66.1 Å². The van der Waals surface area contributed by atoms with Crippen LogP contribution in [0.2, 0.25) is 5.02 Å². The third kappa shape index (κ3) is 2.47. The summed E-state index contributed by atoms with van der Waals surface area (Å²) in [5.41, 5.74) is 4.15. The molecule has 0 unspecified atom stereocenters. The molecular formula is C23H27ClN2O. The Morgan fingerprint density at radius 3 is 2.85 bits per heavy atom. The van der Waals surface area contributed by atoms with Crippen LogP contribution in [0.3, 0.4) is 0 Å². The van der Waals surface area contributed by atoms with E-state index in [0.29, 0.717) is 29.2 Å². The Morgan fingerprint density at radius 2 is 2.04 bits per heavy atom. The van der Waals surface area contributed by atoms with Crippen LogP contribution in [0.15, 0.2) is 36.3 Å². The van der Waals surface area contributed by atoms with Crippen molar-refractivity contribution in [2.24, 2.45) is 28.6 Å². The highest BCUT2D eigenvalue weighted by atomic mass is 35.5. The lowest BCUT2D eigenvalue weighted by Crippen LogP contribution is -2.56. The van der Waals surface area contributed by atoms with Crippen molar-refractivity contribution >= 4 is 23.0 Å². The molecule has 0 radical (unpaired) electrons. The summed E-state index contributed by atoms with van der Waals surface area (Å²) >= 11 is 6.23. The lowest BCUT2D eigenvalue weighted by atomic mass is 9.50. The van der Waals surface area contributed by atoms with E-state index in [2.05, 4.69) is 36.3 Å². The van der Waals surface area contributed by atoms with Crippen LogP contribution in [0.25, 0.3) is 5.57 Å². The smallest absolute Gasteiger partial charge is 0.157 e. The van der Waals surface area contributed by atoms with Gasteiger partial charge in [0.2, 0.25) is 0 Å². The van der Waals surface area contributed by atoms with Crippen molar-refractivity contribution in [2.45, 2.75) is 46.0 Å². The Labute approximate surface area is 166 Å². The zero-order chi connectivity index (χ0) is 18.8. The van der Waals surface area contributed by atoms with Crippen molar-refractivity contribution in [1.82, 2.24) is 10.3 Å². The molecule has 2 fully saturated rings. The van der Waals surface area contributed by atoms with Gasteiger partial charge in [0.05, 0.1) is 5.02 Å². The number of nitrogens with zero attached hydrogens (tertiary/aromatic N) is 1. The predicted molar refractivity (Wildman–Crippen MR) is 108 cm³/mol. The Balaban J connectivity index is 1.48. The van der Waals surface area contributed by atoms with Crippen LogP contribution in [0.5, 0.6) is 0 Å². The number of carbonyl (C=O) groups excluding carboxylic acids is 1. The van der Waals surface area contributed by atoms with E-state index < -0.39 is 0 Å². The first kappa shape index (κ1) is 17.5. The van der Waals surface area contributed by atoms with Crippen LogP contribution in [0.4, 0.5) is 0 Å². The molecule has 5 rings (SSSR count). The molecule has 1 aromatic heterocycles. The third-order valence-corrected chi connectivity index (χ3v) is 8.40. The summed E-state index contributed by atoms with van der Waals surface area (Å²) < 4.78 is 0. The molecule has 0 bridgehead atoms. The number of allylic oxidation sites excluding steroid dienone is 4. The van der Waals surface area contributed by atoms with E-state index in [1.54, 1.807) is 6.20 Å². The van der Waals surface area contributed by atoms with E-state index in [0.717, 1.165) is 19.4 Å². The molecule has 0 amide bonds. The van der Waals surface area contributed by atoms with Gasteiger partial charge in [0.15, 0.2) is 5.78 Å². The lowest BCUT2D eigenvalue weighted by Gasteiger charge is -2.58. The minimum atomic E-state index is 0.137. The Bertz CT molecular complexity index is 875. The summed E-state index contributed by atoms with van der Waals surface area (Å²) in [7, 11) is 0. The SMILES string of the molecule is C[C@]12CCC(=O)C=C1NC[C@@H]1[C@@H]2CC[C@]2(C)C(c3cncc(Cl)c3)=CC[C@@H]12. The van der Waals surface area contributed by atoms with Gasteiger partial charge in [-0.3, -0.25) is 9.78 Å². The number of hydrogen-bond acceptors (Lipinski definition) is 3. The average molecular weight is 383 g/mol. The summed E-state index contributed by atoms with van der Waals surface area (Å²) in [6, 6.07) is 2.06. The van der Waals surface area contributed by atoms with Crippen molar-refractivity contribution in [1.29, 1.82) is 0 Å². The largest absolute Gasteiger partial charge is 0.387 e. The fourth-order valence-electron chi connectivity index (χ4n) is 6.72. The van der Waals surface area contributed by atoms with Gasteiger partial charge in [-0.25, -0.2) is 0 Å². The van der Waals surface area contributed by atoms with Crippen LogP contribution in [0, 0.1) is 28.6 Å². The molecule has 4 heteroatoms. The highest BCUT2D eigenvalue weighted by Gasteiger charge is 2.57. The van der Waals surface area contributed by atoms with Crippen molar-refractivity contribution in [3.8, 4) is 0 Å². The fraction of sp³-hybridized carbons (Fsp3) is 0.565. The van der Waals surface area contributed by atoms with Crippen LogP contribution < -0.4 is 5.32 Å². The number of pyridine rings is 1. The van der Waals surface area contributed by atoms with Crippen LogP contribution in [-0.2, 0) is 4.79 Å². The normalized spacial score (nSPS) is 40.3. The number of carbonyl (C=O) groups is 1. The average Bonchev–Trinajstić information content (AvgIpc) is 2.99. The highest BCUT2D eigenvalue weighted by Crippen LogP contribution is 2.64. The maximum absolute atomic E-state index is 11.9. The number of rotatable bonds is 1. The summed E-state index contributed by atoms with van der Waals surface area (Å²) in [5.74, 6) is 2.25. The highest BCUT2D eigenvalue weighted by molar-refractivity contribution is 6.30. The zero-order valence-electron chi connectivity index (χ0n) is 16.1. The molecule has 1 saturated heterocycles. The van der Waals surface area contributed by atoms with Crippen LogP contribution >= 0.6 is 11.6 Å². The van der Waals surface area contributed by atoms with Gasteiger partial charge in [-0.15, -0.1) is 0 Å². The molecule has 1 aliphatic heterocycles. The number of hydrogen-bond donors (Lipinski definition) is 1. The molecule has 5 atom stereocenters. The van der Waals surface area contributed by atoms with Crippen LogP contribution in [0.1, 0.15) is 51.5 Å². The maximum Gasteiger partial charge on any atom is 0.157 e. The standard InChI is InChI=1S/C23H27ClN2O/c1-22-8-6-20-17(13-26-21-10-16(27)5-7-23(20,21)2)19(22)4-3-18(22)14-9-15(24)12-25-11-14/h3,9-12,17,19-20,26H,4-8,13H2,1-2H3/t17-,19-,20-,22+,23+/m0/s1. The molecule has 1 aromatic rings. The first-order chi connectivity index (χ1) is 12.9. The van der Waals surface area contributed by atoms with Crippen LogP contribution in [-0.4, -0.2) is 17.3 Å². The molecule has 1 saturated carbocycles. The molecule has 3 aliphatic carbocycles. The zero-order valence-corrected chi connectivity index (χ0v) is 16.9. The van der Waals surface area contributed by atoms with Gasteiger partial charge in [0.25, 0.3) is 0 Å². The number of piperidine rings is 1. The van der Waals surface area contributed by atoms with E-state index in [1.807, 2.05) is 12.3 Å². The molecule has 0 spiro atoms. The second-order valence-corrected chi connectivity index (χ2v) is 9.84. The Kier molecular flexibility index (Phi) is 3.85. The lowest BCUT2D eigenvalue weighted by molar-refractivity contribution is -0.117. The summed E-state index contributed by atoms with van der Waals surface area (Å²) in [4.78, 5) is 16.3. The molecule has 3 nitrogen and oxygen atoms in total. The van der Waals surface area contributed by atoms with Gasteiger partial charge >= 0.3 is 0 Å².